The molecule has 1 heterocycles. The molecule has 0 unspecified atom stereocenters. The second kappa shape index (κ2) is 4.42. The molecule has 2 nitrogen and oxygen atoms in total. The van der Waals surface area contributed by atoms with Crippen LogP contribution < -0.4 is 4.90 Å². The first-order chi connectivity index (χ1) is 7.15. The highest BCUT2D eigenvalue weighted by atomic mass is 35.5. The highest BCUT2D eigenvalue weighted by Gasteiger charge is 2.17. The van der Waals surface area contributed by atoms with Gasteiger partial charge < -0.3 is 10.0 Å². The average molecular weight is 226 g/mol. The Morgan fingerprint density at radius 1 is 1.27 bits per heavy atom. The van der Waals surface area contributed by atoms with Crippen LogP contribution in [0.1, 0.15) is 18.4 Å². The van der Waals surface area contributed by atoms with Crippen molar-refractivity contribution in [3.05, 3.63) is 28.8 Å². The van der Waals surface area contributed by atoms with Gasteiger partial charge in [-0.15, -0.1) is 0 Å². The molecule has 1 aliphatic heterocycles. The van der Waals surface area contributed by atoms with E-state index in [4.69, 9.17) is 11.6 Å². The average Bonchev–Trinajstić information content (AvgIpc) is 2.17. The highest BCUT2D eigenvalue weighted by Crippen LogP contribution is 2.24. The number of rotatable bonds is 1. The lowest BCUT2D eigenvalue weighted by molar-refractivity contribution is 0.145. The Kier molecular flexibility index (Phi) is 3.17. The Morgan fingerprint density at radius 2 is 1.93 bits per heavy atom. The van der Waals surface area contributed by atoms with E-state index in [0.717, 1.165) is 31.0 Å². The van der Waals surface area contributed by atoms with Crippen LogP contribution in [-0.2, 0) is 0 Å². The standard InChI is InChI=1S/C12H16ClNO/c1-9-6-10(13)8-11(7-9)14-4-2-12(15)3-5-14/h6-8,12,15H,2-5H2,1H3. The Hall–Kier alpha value is -0.730. The van der Waals surface area contributed by atoms with Crippen LogP contribution in [0.3, 0.4) is 0 Å². The lowest BCUT2D eigenvalue weighted by atomic mass is 10.1. The number of aryl methyl sites for hydroxylation is 1. The van der Waals surface area contributed by atoms with E-state index in [1.165, 1.54) is 11.3 Å². The highest BCUT2D eigenvalue weighted by molar-refractivity contribution is 6.30. The van der Waals surface area contributed by atoms with Gasteiger partial charge in [0.05, 0.1) is 6.10 Å². The van der Waals surface area contributed by atoms with Crippen LogP contribution in [0.25, 0.3) is 0 Å². The zero-order valence-electron chi connectivity index (χ0n) is 8.91. The molecule has 0 atom stereocenters. The third-order valence-corrected chi connectivity index (χ3v) is 3.07. The van der Waals surface area contributed by atoms with Gasteiger partial charge in [0.25, 0.3) is 0 Å². The number of anilines is 1. The molecular weight excluding hydrogens is 210 g/mol. The fourth-order valence-electron chi connectivity index (χ4n) is 2.02. The predicted molar refractivity (Wildman–Crippen MR) is 63.6 cm³/mol. The monoisotopic (exact) mass is 225 g/mol. The zero-order valence-corrected chi connectivity index (χ0v) is 9.67. The van der Waals surface area contributed by atoms with Crippen molar-refractivity contribution in [2.75, 3.05) is 18.0 Å². The van der Waals surface area contributed by atoms with Gasteiger partial charge in [0.1, 0.15) is 0 Å². The van der Waals surface area contributed by atoms with Crippen LogP contribution in [0.5, 0.6) is 0 Å². The Labute approximate surface area is 95.5 Å². The van der Waals surface area contributed by atoms with Crippen LogP contribution in [0.4, 0.5) is 5.69 Å². The van der Waals surface area contributed by atoms with Gasteiger partial charge >= 0.3 is 0 Å². The number of piperidine rings is 1. The normalized spacial score (nSPS) is 18.2. The van der Waals surface area contributed by atoms with Gasteiger partial charge in [0.15, 0.2) is 0 Å². The number of halogens is 1. The minimum atomic E-state index is -0.124. The molecule has 0 aliphatic carbocycles. The first kappa shape index (κ1) is 10.8. The van der Waals surface area contributed by atoms with Crippen molar-refractivity contribution in [1.29, 1.82) is 0 Å². The van der Waals surface area contributed by atoms with Gasteiger partial charge in [-0.3, -0.25) is 0 Å². The third kappa shape index (κ3) is 2.64. The van der Waals surface area contributed by atoms with E-state index in [1.54, 1.807) is 0 Å². The summed E-state index contributed by atoms with van der Waals surface area (Å²) in [4.78, 5) is 2.28. The number of hydrogen-bond acceptors (Lipinski definition) is 2. The minimum absolute atomic E-state index is 0.124. The number of benzene rings is 1. The maximum absolute atomic E-state index is 9.43. The second-order valence-electron chi connectivity index (χ2n) is 4.21. The summed E-state index contributed by atoms with van der Waals surface area (Å²) in [7, 11) is 0. The van der Waals surface area contributed by atoms with Crippen molar-refractivity contribution in [3.63, 3.8) is 0 Å². The van der Waals surface area contributed by atoms with Gasteiger partial charge in [-0.1, -0.05) is 11.6 Å². The van der Waals surface area contributed by atoms with Gasteiger partial charge in [-0.2, -0.15) is 0 Å². The number of aliphatic hydroxyl groups is 1. The Morgan fingerprint density at radius 3 is 2.53 bits per heavy atom. The number of nitrogens with zero attached hydrogens (tertiary/aromatic N) is 1. The SMILES string of the molecule is Cc1cc(Cl)cc(N2CCC(O)CC2)c1. The van der Waals surface area contributed by atoms with E-state index in [9.17, 15) is 5.11 Å². The fraction of sp³-hybridized carbons (Fsp3) is 0.500. The molecule has 1 saturated heterocycles. The quantitative estimate of drug-likeness (QED) is 0.794. The van der Waals surface area contributed by atoms with Crippen molar-refractivity contribution in [2.24, 2.45) is 0 Å². The molecule has 0 amide bonds. The van der Waals surface area contributed by atoms with Crippen LogP contribution in [0, 0.1) is 6.92 Å². The number of hydrogen-bond donors (Lipinski definition) is 1. The van der Waals surface area contributed by atoms with Gasteiger partial charge in [0.2, 0.25) is 0 Å². The van der Waals surface area contributed by atoms with Crippen molar-refractivity contribution in [2.45, 2.75) is 25.9 Å². The molecule has 2 rings (SSSR count). The van der Waals surface area contributed by atoms with Crippen LogP contribution in [0.15, 0.2) is 18.2 Å². The topological polar surface area (TPSA) is 23.5 Å². The number of aliphatic hydroxyl groups excluding tert-OH is 1. The smallest absolute Gasteiger partial charge is 0.0574 e. The van der Waals surface area contributed by atoms with Gasteiger partial charge in [0, 0.05) is 23.8 Å². The van der Waals surface area contributed by atoms with E-state index in [1.807, 2.05) is 19.1 Å². The summed E-state index contributed by atoms with van der Waals surface area (Å²) < 4.78 is 0. The molecular formula is C12H16ClNO. The van der Waals surface area contributed by atoms with Crippen molar-refractivity contribution in [3.8, 4) is 0 Å². The second-order valence-corrected chi connectivity index (χ2v) is 4.64. The minimum Gasteiger partial charge on any atom is -0.393 e. The molecule has 0 radical (unpaired) electrons. The van der Waals surface area contributed by atoms with Crippen molar-refractivity contribution >= 4 is 17.3 Å². The molecule has 15 heavy (non-hydrogen) atoms. The summed E-state index contributed by atoms with van der Waals surface area (Å²) in [5, 5.41) is 10.2. The van der Waals surface area contributed by atoms with E-state index in [0.29, 0.717) is 0 Å². The molecule has 1 fully saturated rings. The molecule has 1 aromatic rings. The molecule has 3 heteroatoms. The predicted octanol–water partition coefficient (Wildman–Crippen LogP) is 2.61. The molecule has 1 N–H and O–H groups in total. The van der Waals surface area contributed by atoms with Crippen LogP contribution >= 0.6 is 11.6 Å². The first-order valence-corrected chi connectivity index (χ1v) is 5.73. The summed E-state index contributed by atoms with van der Waals surface area (Å²) in [6, 6.07) is 6.10. The van der Waals surface area contributed by atoms with E-state index < -0.39 is 0 Å². The van der Waals surface area contributed by atoms with E-state index in [2.05, 4.69) is 11.0 Å². The van der Waals surface area contributed by atoms with Gasteiger partial charge in [-0.25, -0.2) is 0 Å². The van der Waals surface area contributed by atoms with Crippen LogP contribution in [0.2, 0.25) is 5.02 Å². The summed E-state index contributed by atoms with van der Waals surface area (Å²) in [5.74, 6) is 0. The molecule has 0 saturated carbocycles. The lowest BCUT2D eigenvalue weighted by Gasteiger charge is -2.31. The maximum atomic E-state index is 9.43. The largest absolute Gasteiger partial charge is 0.393 e. The van der Waals surface area contributed by atoms with E-state index in [-0.39, 0.29) is 6.10 Å². The van der Waals surface area contributed by atoms with E-state index >= 15 is 0 Å². The summed E-state index contributed by atoms with van der Waals surface area (Å²) in [6.07, 6.45) is 1.58. The Bertz CT molecular complexity index is 325. The zero-order chi connectivity index (χ0) is 10.8. The fourth-order valence-corrected chi connectivity index (χ4v) is 2.31. The first-order valence-electron chi connectivity index (χ1n) is 5.35. The van der Waals surface area contributed by atoms with Gasteiger partial charge in [-0.05, 0) is 43.5 Å². The molecule has 82 valence electrons. The summed E-state index contributed by atoms with van der Waals surface area (Å²) in [5.41, 5.74) is 2.36. The lowest BCUT2D eigenvalue weighted by Crippen LogP contribution is -2.35. The summed E-state index contributed by atoms with van der Waals surface area (Å²) >= 11 is 6.02. The summed E-state index contributed by atoms with van der Waals surface area (Å²) in [6.45, 7) is 3.88. The van der Waals surface area contributed by atoms with Crippen molar-refractivity contribution in [1.82, 2.24) is 0 Å². The third-order valence-electron chi connectivity index (χ3n) is 2.86. The maximum Gasteiger partial charge on any atom is 0.0574 e. The molecule has 1 aliphatic rings. The molecule has 0 aromatic heterocycles. The molecule has 0 spiro atoms. The Balaban J connectivity index is 2.15. The van der Waals surface area contributed by atoms with Crippen LogP contribution in [-0.4, -0.2) is 24.3 Å². The molecule has 0 bridgehead atoms. The molecule has 1 aromatic carbocycles. The van der Waals surface area contributed by atoms with Crippen molar-refractivity contribution < 1.29 is 5.11 Å².